The minimum absolute atomic E-state index is 0.721. The highest BCUT2D eigenvalue weighted by Gasteiger charge is 2.27. The highest BCUT2D eigenvalue weighted by atomic mass is 15.2. The van der Waals surface area contributed by atoms with Gasteiger partial charge in [-0.3, -0.25) is 4.90 Å². The smallest absolute Gasteiger partial charge is 0.0922 e. The van der Waals surface area contributed by atoms with Gasteiger partial charge in [-0.1, -0.05) is 0 Å². The zero-order valence-corrected chi connectivity index (χ0v) is 8.33. The molecule has 0 aromatic carbocycles. The summed E-state index contributed by atoms with van der Waals surface area (Å²) in [5.41, 5.74) is 1.22. The highest BCUT2D eigenvalue weighted by Crippen LogP contribution is 2.24. The second kappa shape index (κ2) is 3.50. The van der Waals surface area contributed by atoms with Crippen molar-refractivity contribution in [1.82, 2.24) is 14.9 Å². The summed E-state index contributed by atoms with van der Waals surface area (Å²) in [6.45, 7) is 5.63. The van der Waals surface area contributed by atoms with Crippen molar-refractivity contribution in [2.75, 3.05) is 0 Å². The maximum Gasteiger partial charge on any atom is 0.0922 e. The molecule has 1 aromatic rings. The van der Waals surface area contributed by atoms with Crippen molar-refractivity contribution in [3.8, 4) is 0 Å². The van der Waals surface area contributed by atoms with E-state index in [0.29, 0.717) is 0 Å². The van der Waals surface area contributed by atoms with Crippen LogP contribution in [-0.4, -0.2) is 27.0 Å². The van der Waals surface area contributed by atoms with Crippen molar-refractivity contribution in [3.05, 3.63) is 18.2 Å². The molecule has 0 spiro atoms. The van der Waals surface area contributed by atoms with E-state index in [4.69, 9.17) is 0 Å². The van der Waals surface area contributed by atoms with Crippen molar-refractivity contribution in [2.45, 2.75) is 45.3 Å². The Bertz CT molecular complexity index is 245. The Kier molecular flexibility index (Phi) is 2.36. The van der Waals surface area contributed by atoms with Gasteiger partial charge in [-0.15, -0.1) is 0 Å². The molecule has 1 aromatic heterocycles. The molecule has 13 heavy (non-hydrogen) atoms. The molecule has 0 bridgehead atoms. The SMILES string of the molecule is CC1CCC(C)N1Cc1cnc[nH]1. The van der Waals surface area contributed by atoms with Crippen LogP contribution in [0.5, 0.6) is 0 Å². The van der Waals surface area contributed by atoms with E-state index in [-0.39, 0.29) is 0 Å². The van der Waals surface area contributed by atoms with Crippen LogP contribution in [0.3, 0.4) is 0 Å². The number of aromatic nitrogens is 2. The molecule has 0 saturated carbocycles. The minimum atomic E-state index is 0.721. The molecule has 0 aliphatic carbocycles. The summed E-state index contributed by atoms with van der Waals surface area (Å²) in [5, 5.41) is 0. The average molecular weight is 179 g/mol. The lowest BCUT2D eigenvalue weighted by Gasteiger charge is -2.24. The third-order valence-corrected chi connectivity index (χ3v) is 3.04. The average Bonchev–Trinajstić information content (AvgIpc) is 2.70. The predicted molar refractivity (Wildman–Crippen MR) is 52.3 cm³/mol. The summed E-state index contributed by atoms with van der Waals surface area (Å²) in [7, 11) is 0. The molecule has 1 saturated heterocycles. The van der Waals surface area contributed by atoms with Gasteiger partial charge in [0.1, 0.15) is 0 Å². The molecule has 2 atom stereocenters. The summed E-state index contributed by atoms with van der Waals surface area (Å²) >= 11 is 0. The zero-order valence-electron chi connectivity index (χ0n) is 8.33. The van der Waals surface area contributed by atoms with Gasteiger partial charge in [0, 0.05) is 30.5 Å². The van der Waals surface area contributed by atoms with Crippen LogP contribution in [0.25, 0.3) is 0 Å². The van der Waals surface area contributed by atoms with Gasteiger partial charge in [-0.25, -0.2) is 4.98 Å². The third kappa shape index (κ3) is 1.75. The quantitative estimate of drug-likeness (QED) is 0.750. The van der Waals surface area contributed by atoms with E-state index in [1.807, 2.05) is 6.20 Å². The lowest BCUT2D eigenvalue weighted by molar-refractivity contribution is 0.203. The van der Waals surface area contributed by atoms with Crippen LogP contribution in [0.1, 0.15) is 32.4 Å². The van der Waals surface area contributed by atoms with Crippen LogP contribution >= 0.6 is 0 Å². The summed E-state index contributed by atoms with van der Waals surface area (Å²) in [6.07, 6.45) is 6.32. The fourth-order valence-corrected chi connectivity index (χ4v) is 2.13. The number of nitrogens with zero attached hydrogens (tertiary/aromatic N) is 2. The summed E-state index contributed by atoms with van der Waals surface area (Å²) in [4.78, 5) is 9.72. The van der Waals surface area contributed by atoms with Gasteiger partial charge in [-0.2, -0.15) is 0 Å². The van der Waals surface area contributed by atoms with E-state index in [2.05, 4.69) is 28.7 Å². The van der Waals surface area contributed by atoms with Crippen LogP contribution in [0.15, 0.2) is 12.5 Å². The Morgan fingerprint density at radius 2 is 2.15 bits per heavy atom. The number of hydrogen-bond acceptors (Lipinski definition) is 2. The first-order valence-corrected chi connectivity index (χ1v) is 5.00. The Morgan fingerprint density at radius 3 is 2.69 bits per heavy atom. The first-order chi connectivity index (χ1) is 6.27. The van der Waals surface area contributed by atoms with Crippen LogP contribution in [-0.2, 0) is 6.54 Å². The molecule has 0 amide bonds. The molecule has 1 aliphatic heterocycles. The molecule has 2 rings (SSSR count). The first kappa shape index (κ1) is 8.75. The monoisotopic (exact) mass is 179 g/mol. The largest absolute Gasteiger partial charge is 0.347 e. The molecular weight excluding hydrogens is 162 g/mol. The van der Waals surface area contributed by atoms with Crippen molar-refractivity contribution < 1.29 is 0 Å². The number of imidazole rings is 1. The normalized spacial score (nSPS) is 29.7. The van der Waals surface area contributed by atoms with E-state index in [9.17, 15) is 0 Å². The van der Waals surface area contributed by atoms with Crippen LogP contribution < -0.4 is 0 Å². The number of likely N-dealkylation sites (tertiary alicyclic amines) is 1. The lowest BCUT2D eigenvalue weighted by atomic mass is 10.2. The van der Waals surface area contributed by atoms with E-state index >= 15 is 0 Å². The lowest BCUT2D eigenvalue weighted by Crippen LogP contribution is -2.32. The van der Waals surface area contributed by atoms with Crippen molar-refractivity contribution in [1.29, 1.82) is 0 Å². The summed E-state index contributed by atoms with van der Waals surface area (Å²) in [6, 6.07) is 1.44. The number of aromatic amines is 1. The Balaban J connectivity index is 2.01. The number of rotatable bonds is 2. The Labute approximate surface area is 79.2 Å². The van der Waals surface area contributed by atoms with Gasteiger partial charge in [0.15, 0.2) is 0 Å². The standard InChI is InChI=1S/C10H17N3/c1-8-3-4-9(2)13(8)6-10-5-11-7-12-10/h5,7-9H,3-4,6H2,1-2H3,(H,11,12). The fraction of sp³-hybridized carbons (Fsp3) is 0.700. The summed E-state index contributed by atoms with van der Waals surface area (Å²) < 4.78 is 0. The molecule has 0 radical (unpaired) electrons. The van der Waals surface area contributed by atoms with Gasteiger partial charge in [0.25, 0.3) is 0 Å². The van der Waals surface area contributed by atoms with E-state index in [1.165, 1.54) is 18.5 Å². The summed E-state index contributed by atoms with van der Waals surface area (Å²) in [5.74, 6) is 0. The first-order valence-electron chi connectivity index (χ1n) is 5.00. The van der Waals surface area contributed by atoms with Crippen molar-refractivity contribution in [2.24, 2.45) is 0 Å². The highest BCUT2D eigenvalue weighted by molar-refractivity contribution is 4.96. The van der Waals surface area contributed by atoms with E-state index < -0.39 is 0 Å². The molecule has 3 heteroatoms. The molecule has 1 N–H and O–H groups in total. The van der Waals surface area contributed by atoms with E-state index in [0.717, 1.165) is 18.6 Å². The molecule has 3 nitrogen and oxygen atoms in total. The van der Waals surface area contributed by atoms with Crippen LogP contribution in [0.2, 0.25) is 0 Å². The second-order valence-electron chi connectivity index (χ2n) is 4.02. The number of nitrogens with one attached hydrogen (secondary N) is 1. The van der Waals surface area contributed by atoms with Gasteiger partial charge < -0.3 is 4.98 Å². The van der Waals surface area contributed by atoms with Gasteiger partial charge in [-0.05, 0) is 26.7 Å². The number of H-pyrrole nitrogens is 1. The minimum Gasteiger partial charge on any atom is -0.347 e. The van der Waals surface area contributed by atoms with Gasteiger partial charge >= 0.3 is 0 Å². The second-order valence-corrected chi connectivity index (χ2v) is 4.02. The van der Waals surface area contributed by atoms with Gasteiger partial charge in [0.2, 0.25) is 0 Å². The molecular formula is C10H17N3. The predicted octanol–water partition coefficient (Wildman–Crippen LogP) is 1.78. The molecule has 2 unspecified atom stereocenters. The molecule has 2 heterocycles. The fourth-order valence-electron chi connectivity index (χ4n) is 2.13. The van der Waals surface area contributed by atoms with Crippen molar-refractivity contribution >= 4 is 0 Å². The van der Waals surface area contributed by atoms with Crippen LogP contribution in [0.4, 0.5) is 0 Å². The topological polar surface area (TPSA) is 31.9 Å². The van der Waals surface area contributed by atoms with Crippen LogP contribution in [0, 0.1) is 0 Å². The molecule has 1 aliphatic rings. The maximum absolute atomic E-state index is 4.03. The maximum atomic E-state index is 4.03. The van der Waals surface area contributed by atoms with Gasteiger partial charge in [0.05, 0.1) is 6.33 Å². The number of hydrogen-bond donors (Lipinski definition) is 1. The molecule has 72 valence electrons. The molecule has 1 fully saturated rings. The zero-order chi connectivity index (χ0) is 9.26. The van der Waals surface area contributed by atoms with Crippen molar-refractivity contribution in [3.63, 3.8) is 0 Å². The third-order valence-electron chi connectivity index (χ3n) is 3.04. The Hall–Kier alpha value is -0.830. The van der Waals surface area contributed by atoms with E-state index in [1.54, 1.807) is 6.33 Å². The Morgan fingerprint density at radius 1 is 1.46 bits per heavy atom.